The van der Waals surface area contributed by atoms with E-state index >= 15 is 0 Å². The van der Waals surface area contributed by atoms with Crippen molar-refractivity contribution in [3.63, 3.8) is 0 Å². The zero-order valence-corrected chi connectivity index (χ0v) is 10.6. The molecule has 1 nitrogen and oxygen atoms in total. The first-order valence-corrected chi connectivity index (χ1v) is 5.62. The molecule has 0 aromatic carbocycles. The van der Waals surface area contributed by atoms with E-state index in [9.17, 15) is 13.2 Å². The van der Waals surface area contributed by atoms with E-state index in [4.69, 9.17) is 0 Å². The van der Waals surface area contributed by atoms with Gasteiger partial charge in [0.05, 0.1) is 6.54 Å². The third-order valence-corrected chi connectivity index (χ3v) is 3.03. The van der Waals surface area contributed by atoms with Crippen molar-refractivity contribution in [2.24, 2.45) is 5.41 Å². The summed E-state index contributed by atoms with van der Waals surface area (Å²) < 4.78 is 36.9. The zero-order valence-electron chi connectivity index (χ0n) is 9.73. The lowest BCUT2D eigenvalue weighted by atomic mass is 9.95. The number of alkyl halides is 3. The van der Waals surface area contributed by atoms with Crippen LogP contribution in [0, 0.1) is 5.41 Å². The summed E-state index contributed by atoms with van der Waals surface area (Å²) in [5, 5.41) is 0. The predicted molar refractivity (Wildman–Crippen MR) is 60.4 cm³/mol. The lowest BCUT2D eigenvalue weighted by Gasteiger charge is -2.34. The molecule has 0 atom stereocenters. The fourth-order valence-electron chi connectivity index (χ4n) is 1.25. The summed E-state index contributed by atoms with van der Waals surface area (Å²) in [6, 6.07) is -0.106. The Morgan fingerprint density at radius 3 is 1.87 bits per heavy atom. The van der Waals surface area contributed by atoms with Crippen LogP contribution in [0.3, 0.4) is 0 Å². The molecule has 0 fully saturated rings. The number of hydrogen-bond acceptors (Lipinski definition) is 2. The highest BCUT2D eigenvalue weighted by atomic mass is 32.1. The first kappa shape index (κ1) is 15.1. The molecule has 0 rings (SSSR count). The van der Waals surface area contributed by atoms with Gasteiger partial charge in [-0.25, -0.2) is 0 Å². The van der Waals surface area contributed by atoms with Gasteiger partial charge in [0.1, 0.15) is 0 Å². The first-order valence-electron chi connectivity index (χ1n) is 4.99. The van der Waals surface area contributed by atoms with Crippen LogP contribution >= 0.6 is 12.6 Å². The monoisotopic (exact) mass is 243 g/mol. The van der Waals surface area contributed by atoms with Crippen molar-refractivity contribution >= 4 is 12.6 Å². The number of halogens is 3. The van der Waals surface area contributed by atoms with Crippen LogP contribution in [-0.2, 0) is 0 Å². The van der Waals surface area contributed by atoms with Crippen molar-refractivity contribution in [3.8, 4) is 0 Å². The third kappa shape index (κ3) is 7.06. The molecule has 15 heavy (non-hydrogen) atoms. The van der Waals surface area contributed by atoms with Crippen molar-refractivity contribution in [3.05, 3.63) is 0 Å². The molecule has 0 aliphatic carbocycles. The van der Waals surface area contributed by atoms with E-state index in [1.165, 1.54) is 4.90 Å². The minimum Gasteiger partial charge on any atom is -0.292 e. The first-order chi connectivity index (χ1) is 6.57. The minimum atomic E-state index is -4.13. The molecule has 0 aromatic heterocycles. The Hall–Kier alpha value is 0.100. The number of nitrogens with zero attached hydrogens (tertiary/aromatic N) is 1. The second-order valence-corrected chi connectivity index (χ2v) is 5.25. The van der Waals surface area contributed by atoms with Crippen LogP contribution < -0.4 is 0 Å². The maximum absolute atomic E-state index is 12.3. The maximum atomic E-state index is 12.3. The topological polar surface area (TPSA) is 3.24 Å². The SMILES string of the molecule is CC(C)N(CC(F)(F)F)CC(C)(C)CS. The van der Waals surface area contributed by atoms with Gasteiger partial charge < -0.3 is 0 Å². The molecule has 92 valence electrons. The van der Waals surface area contributed by atoms with Gasteiger partial charge in [0, 0.05) is 12.6 Å². The average molecular weight is 243 g/mol. The van der Waals surface area contributed by atoms with Crippen LogP contribution in [0.15, 0.2) is 0 Å². The Kier molecular flexibility index (Phi) is 5.47. The van der Waals surface area contributed by atoms with Gasteiger partial charge >= 0.3 is 6.18 Å². The van der Waals surface area contributed by atoms with E-state index < -0.39 is 12.7 Å². The lowest BCUT2D eigenvalue weighted by molar-refractivity contribution is -0.152. The van der Waals surface area contributed by atoms with Crippen molar-refractivity contribution in [1.29, 1.82) is 0 Å². The molecule has 0 bridgehead atoms. The summed E-state index contributed by atoms with van der Waals surface area (Å²) in [7, 11) is 0. The average Bonchev–Trinajstić information content (AvgIpc) is 2.00. The van der Waals surface area contributed by atoms with Crippen molar-refractivity contribution < 1.29 is 13.2 Å². The molecule has 0 amide bonds. The molecule has 0 radical (unpaired) electrons. The van der Waals surface area contributed by atoms with Crippen molar-refractivity contribution in [2.75, 3.05) is 18.8 Å². The molecule has 0 unspecified atom stereocenters. The van der Waals surface area contributed by atoms with Gasteiger partial charge in [-0.2, -0.15) is 25.8 Å². The minimum absolute atomic E-state index is 0.106. The fraction of sp³-hybridized carbons (Fsp3) is 1.00. The normalized spacial score (nSPS) is 14.0. The smallest absolute Gasteiger partial charge is 0.292 e. The van der Waals surface area contributed by atoms with Gasteiger partial charge in [0.15, 0.2) is 0 Å². The summed E-state index contributed by atoms with van der Waals surface area (Å²) in [4.78, 5) is 1.44. The van der Waals surface area contributed by atoms with Crippen molar-refractivity contribution in [2.45, 2.75) is 39.9 Å². The number of thiol groups is 1. The molecule has 0 saturated heterocycles. The van der Waals surface area contributed by atoms with E-state index in [-0.39, 0.29) is 11.5 Å². The summed E-state index contributed by atoms with van der Waals surface area (Å²) in [5.74, 6) is 0.577. The van der Waals surface area contributed by atoms with E-state index in [0.717, 1.165) is 0 Å². The molecule has 0 spiro atoms. The summed E-state index contributed by atoms with van der Waals surface area (Å²) in [6.45, 7) is 6.97. The Balaban J connectivity index is 4.42. The largest absolute Gasteiger partial charge is 0.401 e. The van der Waals surface area contributed by atoms with E-state index in [2.05, 4.69) is 12.6 Å². The van der Waals surface area contributed by atoms with Crippen LogP contribution in [0.5, 0.6) is 0 Å². The Morgan fingerprint density at radius 2 is 1.60 bits per heavy atom. The molecule has 0 heterocycles. The number of rotatable bonds is 5. The van der Waals surface area contributed by atoms with Gasteiger partial charge in [-0.1, -0.05) is 13.8 Å². The van der Waals surface area contributed by atoms with Crippen molar-refractivity contribution in [1.82, 2.24) is 4.90 Å². The Bertz CT molecular complexity index is 190. The third-order valence-electron chi connectivity index (χ3n) is 2.17. The van der Waals surface area contributed by atoms with Crippen LogP contribution in [0.4, 0.5) is 13.2 Å². The summed E-state index contributed by atoms with van der Waals surface area (Å²) >= 11 is 4.15. The molecule has 0 N–H and O–H groups in total. The molecule has 0 aliphatic heterocycles. The standard InChI is InChI=1S/C10H20F3NS/c1-8(2)14(6-10(11,12)13)5-9(3,4)7-15/h8,15H,5-7H2,1-4H3. The fourth-order valence-corrected chi connectivity index (χ4v) is 1.35. The van der Waals surface area contributed by atoms with Crippen LogP contribution in [0.1, 0.15) is 27.7 Å². The predicted octanol–water partition coefficient (Wildman–Crippen LogP) is 3.22. The highest BCUT2D eigenvalue weighted by Gasteiger charge is 2.33. The van der Waals surface area contributed by atoms with Crippen LogP contribution in [0.25, 0.3) is 0 Å². The quantitative estimate of drug-likeness (QED) is 0.726. The van der Waals surface area contributed by atoms with E-state index in [1.807, 2.05) is 13.8 Å². The highest BCUT2D eigenvalue weighted by molar-refractivity contribution is 7.80. The molecule has 0 aliphatic rings. The molecule has 0 saturated carbocycles. The Morgan fingerprint density at radius 1 is 1.13 bits per heavy atom. The Labute approximate surface area is 95.4 Å². The highest BCUT2D eigenvalue weighted by Crippen LogP contribution is 2.24. The summed E-state index contributed by atoms with van der Waals surface area (Å²) in [6.07, 6.45) is -4.13. The number of hydrogen-bond donors (Lipinski definition) is 1. The molecular formula is C10H20F3NS. The van der Waals surface area contributed by atoms with Gasteiger partial charge in [-0.05, 0) is 25.0 Å². The second kappa shape index (κ2) is 5.43. The maximum Gasteiger partial charge on any atom is 0.401 e. The van der Waals surface area contributed by atoms with Gasteiger partial charge in [-0.3, -0.25) is 4.90 Å². The second-order valence-electron chi connectivity index (χ2n) is 4.94. The van der Waals surface area contributed by atoms with Gasteiger partial charge in [0.2, 0.25) is 0 Å². The molecular weight excluding hydrogens is 223 g/mol. The zero-order chi connectivity index (χ0) is 12.3. The van der Waals surface area contributed by atoms with Crippen LogP contribution in [0.2, 0.25) is 0 Å². The molecule has 0 aromatic rings. The van der Waals surface area contributed by atoms with Crippen LogP contribution in [-0.4, -0.2) is 36.0 Å². The summed E-state index contributed by atoms with van der Waals surface area (Å²) in [5.41, 5.74) is -0.196. The van der Waals surface area contributed by atoms with Gasteiger partial charge in [0.25, 0.3) is 0 Å². The van der Waals surface area contributed by atoms with E-state index in [0.29, 0.717) is 12.3 Å². The lowest BCUT2D eigenvalue weighted by Crippen LogP contribution is -2.44. The van der Waals surface area contributed by atoms with Gasteiger partial charge in [-0.15, -0.1) is 0 Å². The van der Waals surface area contributed by atoms with E-state index in [1.54, 1.807) is 13.8 Å². The molecule has 5 heteroatoms.